The van der Waals surface area contributed by atoms with Crippen molar-refractivity contribution in [2.45, 2.75) is 17.2 Å². The summed E-state index contributed by atoms with van der Waals surface area (Å²) < 4.78 is 78.6. The predicted molar refractivity (Wildman–Crippen MR) is 301 cm³/mol. The number of nitrogens with one attached hydrogen (secondary N) is 5. The van der Waals surface area contributed by atoms with Crippen molar-refractivity contribution in [2.24, 2.45) is 5.73 Å². The molecule has 0 aliphatic carbocycles. The lowest BCUT2D eigenvalue weighted by Gasteiger charge is -2.15. The number of nitrogens with zero attached hydrogens (tertiary/aromatic N) is 8. The predicted octanol–water partition coefficient (Wildman–Crippen LogP) is 7.94. The molecule has 22 nitrogen and oxygen atoms in total. The number of benzene rings is 4. The van der Waals surface area contributed by atoms with Gasteiger partial charge in [-0.15, -0.1) is 0 Å². The van der Waals surface area contributed by atoms with E-state index in [4.69, 9.17) is 36.3 Å². The normalized spacial score (nSPS) is 11.1. The van der Waals surface area contributed by atoms with Crippen molar-refractivity contribution in [1.82, 2.24) is 39.7 Å². The van der Waals surface area contributed by atoms with E-state index < -0.39 is 20.0 Å². The summed E-state index contributed by atoms with van der Waals surface area (Å²) >= 11 is 5.77. The number of nitrogens with two attached hydrogens (primary N) is 1. The maximum absolute atomic E-state index is 13.2. The van der Waals surface area contributed by atoms with Gasteiger partial charge in [-0.05, 0) is 76.7 Å². The van der Waals surface area contributed by atoms with E-state index in [0.717, 1.165) is 19.6 Å². The number of rotatable bonds is 20. The molecule has 404 valence electrons. The van der Waals surface area contributed by atoms with E-state index in [2.05, 4.69) is 60.2 Å². The number of pyridine rings is 2. The molecule has 0 spiro atoms. The molecule has 0 aliphatic rings. The summed E-state index contributed by atoms with van der Waals surface area (Å²) in [4.78, 5) is 30.2. The fourth-order valence-electron chi connectivity index (χ4n) is 6.55. The Morgan fingerprint density at radius 3 is 1.22 bits per heavy atom. The minimum Gasteiger partial charge on any atom is -0.497 e. The molecular formula is C51H63ClN14O8S2. The van der Waals surface area contributed by atoms with Crippen molar-refractivity contribution >= 4 is 94.2 Å². The second-order valence-corrected chi connectivity index (χ2v) is 20.3. The number of fused-ring (bicyclic) bond motifs is 2. The highest BCUT2D eigenvalue weighted by Crippen LogP contribution is 2.33. The molecule has 0 aliphatic heterocycles. The maximum Gasteiger partial charge on any atom is 0.264 e. The lowest BCUT2D eigenvalue weighted by molar-refractivity contribution is 0.394. The number of anilines is 7. The Kier molecular flexibility index (Phi) is 21.4. The average molecular weight is 1100 g/mol. The molecule has 0 saturated carbocycles. The number of likely N-dealkylation sites (N-methyl/N-ethyl adjacent to an activating group) is 2. The minimum absolute atomic E-state index is 0. The van der Waals surface area contributed by atoms with Crippen LogP contribution in [0.1, 0.15) is 7.43 Å². The highest BCUT2D eigenvalue weighted by atomic mass is 35.5. The number of para-hydroxylation sites is 4. The van der Waals surface area contributed by atoms with Crippen LogP contribution in [0.5, 0.6) is 23.0 Å². The summed E-state index contributed by atoms with van der Waals surface area (Å²) in [5.74, 6) is 3.27. The highest BCUT2D eigenvalue weighted by Gasteiger charge is 2.22. The summed E-state index contributed by atoms with van der Waals surface area (Å²) in [7, 11) is 6.11. The Morgan fingerprint density at radius 2 is 0.908 bits per heavy atom. The van der Waals surface area contributed by atoms with Gasteiger partial charge in [-0.1, -0.05) is 43.3 Å². The number of ether oxygens (including phenoxy) is 4. The Morgan fingerprint density at radius 1 is 0.526 bits per heavy atom. The van der Waals surface area contributed by atoms with Crippen LogP contribution < -0.4 is 50.1 Å². The fourth-order valence-corrected chi connectivity index (χ4v) is 8.57. The fraction of sp³-hybridized carbons (Fsp3) is 0.255. The summed E-state index contributed by atoms with van der Waals surface area (Å²) in [6.07, 6.45) is 2.47. The molecule has 8 rings (SSSR count). The standard InChI is InChI=1S/C25H29N7O4S.C21H18ClN5O4S.C4H12N2.CH4/c1-32(2)12-11-26-23-10-9-20(16-27-23)37(33,34)31-25-24(29-21-7-5-6-8-22(21)30-25)28-17-13-18(35-3)15-19(14-17)36-4;1-30-14-9-13(10-15(11-14)31-2)24-20-21(26-18-6-4-3-5-17(18)25-20)27-32(28,29)16-7-8-19(22)23-12-16;1-6(2)4-3-5;/h5-10,13-16H,11-12H2,1-4H3,(H,26,27)(H,28,29)(H,30,31);3-12H,1-2H3,(H,24,25)(H,26,27);3-5H2,1-2H3;1H4. The second-order valence-electron chi connectivity index (χ2n) is 16.5. The van der Waals surface area contributed by atoms with Gasteiger partial charge in [0.15, 0.2) is 23.3 Å². The first-order chi connectivity index (χ1) is 35.9. The Bertz CT molecular complexity index is 3360. The molecule has 76 heavy (non-hydrogen) atoms. The van der Waals surface area contributed by atoms with Crippen molar-refractivity contribution < 1.29 is 35.8 Å². The van der Waals surface area contributed by atoms with E-state index in [9.17, 15) is 16.8 Å². The lowest BCUT2D eigenvalue weighted by Crippen LogP contribution is -2.21. The Hall–Kier alpha value is -7.87. The number of sulfonamides is 2. The van der Waals surface area contributed by atoms with Crippen molar-refractivity contribution in [2.75, 3.05) is 108 Å². The van der Waals surface area contributed by atoms with Crippen LogP contribution in [-0.2, 0) is 20.0 Å². The van der Waals surface area contributed by atoms with Crippen molar-refractivity contribution in [3.05, 3.63) is 127 Å². The van der Waals surface area contributed by atoms with Gasteiger partial charge in [0.05, 0.1) is 50.5 Å². The first-order valence-electron chi connectivity index (χ1n) is 22.8. The van der Waals surface area contributed by atoms with Crippen LogP contribution in [0, 0.1) is 0 Å². The van der Waals surface area contributed by atoms with E-state index in [1.54, 1.807) is 93.1 Å². The molecule has 4 heterocycles. The summed E-state index contributed by atoms with van der Waals surface area (Å²) in [5, 5.41) is 9.58. The van der Waals surface area contributed by atoms with Crippen LogP contribution in [0.2, 0.25) is 5.15 Å². The van der Waals surface area contributed by atoms with Crippen LogP contribution in [0.4, 0.5) is 40.5 Å². The molecule has 0 radical (unpaired) electrons. The van der Waals surface area contributed by atoms with Gasteiger partial charge in [-0.25, -0.2) is 46.7 Å². The van der Waals surface area contributed by atoms with Crippen LogP contribution >= 0.6 is 11.6 Å². The van der Waals surface area contributed by atoms with E-state index >= 15 is 0 Å². The van der Waals surface area contributed by atoms with Gasteiger partial charge < -0.3 is 50.4 Å². The summed E-state index contributed by atoms with van der Waals surface area (Å²) in [5.41, 5.74) is 8.57. The van der Waals surface area contributed by atoms with Crippen LogP contribution in [0.25, 0.3) is 22.1 Å². The molecule has 8 aromatic rings. The van der Waals surface area contributed by atoms with Crippen LogP contribution in [0.15, 0.2) is 131 Å². The van der Waals surface area contributed by atoms with Crippen molar-refractivity contribution in [1.29, 1.82) is 0 Å². The Labute approximate surface area is 448 Å². The average Bonchev–Trinajstić information content (AvgIpc) is 3.39. The van der Waals surface area contributed by atoms with E-state index in [0.29, 0.717) is 68.8 Å². The van der Waals surface area contributed by atoms with Gasteiger partial charge in [0.25, 0.3) is 20.0 Å². The van der Waals surface area contributed by atoms with E-state index in [-0.39, 0.29) is 45.6 Å². The maximum atomic E-state index is 13.2. The van der Waals surface area contributed by atoms with Crippen molar-refractivity contribution in [3.8, 4) is 23.0 Å². The second kappa shape index (κ2) is 27.6. The number of hydrogen-bond acceptors (Lipinski definition) is 20. The third-order valence-corrected chi connectivity index (χ3v) is 13.2. The molecular weight excluding hydrogens is 1040 g/mol. The van der Waals surface area contributed by atoms with Gasteiger partial charge >= 0.3 is 0 Å². The van der Waals surface area contributed by atoms with Gasteiger partial charge in [-0.2, -0.15) is 0 Å². The first-order valence-corrected chi connectivity index (χ1v) is 26.2. The number of methoxy groups -OCH3 is 4. The van der Waals surface area contributed by atoms with Crippen LogP contribution in [0.3, 0.4) is 0 Å². The van der Waals surface area contributed by atoms with E-state index in [1.807, 2.05) is 45.2 Å². The number of hydrogen-bond donors (Lipinski definition) is 6. The molecule has 0 atom stereocenters. The first kappa shape index (κ1) is 59.0. The topological polar surface area (TPSA) is 275 Å². The third kappa shape index (κ3) is 16.8. The molecule has 0 unspecified atom stereocenters. The zero-order valence-corrected chi connectivity index (χ0v) is 44.9. The molecule has 7 N–H and O–H groups in total. The van der Waals surface area contributed by atoms with E-state index in [1.165, 1.54) is 44.8 Å². The minimum atomic E-state index is -4.01. The molecule has 4 aromatic carbocycles. The van der Waals surface area contributed by atoms with Gasteiger partial charge in [-0.3, -0.25) is 9.44 Å². The molecule has 0 saturated heterocycles. The number of aromatic nitrogens is 6. The van der Waals surface area contributed by atoms with Gasteiger partial charge in [0, 0.05) is 86.3 Å². The van der Waals surface area contributed by atoms with Gasteiger partial charge in [0.1, 0.15) is 43.8 Å². The van der Waals surface area contributed by atoms with Crippen molar-refractivity contribution in [3.63, 3.8) is 0 Å². The smallest absolute Gasteiger partial charge is 0.264 e. The SMILES string of the molecule is C.CN(C)CCN.COc1cc(Nc2nc3ccccc3nc2NS(=O)(=O)c2ccc(Cl)nc2)cc(OC)c1.COc1cc(Nc2nc3ccccc3nc2NS(=O)(=O)c2ccc(NCCN(C)C)nc2)cc(OC)c1. The summed E-state index contributed by atoms with van der Waals surface area (Å²) in [6, 6.07) is 30.5. The molecule has 4 aromatic heterocycles. The zero-order chi connectivity index (χ0) is 54.1. The Balaban J connectivity index is 0.000000252. The molecule has 0 amide bonds. The monoisotopic (exact) mass is 1100 g/mol. The van der Waals surface area contributed by atoms with Crippen LogP contribution in [-0.4, -0.2) is 139 Å². The molecule has 0 fully saturated rings. The largest absolute Gasteiger partial charge is 0.497 e. The quantitative estimate of drug-likeness (QED) is 0.0395. The number of halogens is 1. The highest BCUT2D eigenvalue weighted by molar-refractivity contribution is 7.93. The van der Waals surface area contributed by atoms with Gasteiger partial charge in [0.2, 0.25) is 0 Å². The summed E-state index contributed by atoms with van der Waals surface area (Å²) in [6.45, 7) is 3.24. The third-order valence-electron chi connectivity index (χ3n) is 10.3. The lowest BCUT2D eigenvalue weighted by atomic mass is 10.2. The zero-order valence-electron chi connectivity index (χ0n) is 42.5. The molecule has 25 heteroatoms. The molecule has 0 bridgehead atoms.